The third-order valence-electron chi connectivity index (χ3n) is 12.7. The van der Waals surface area contributed by atoms with Gasteiger partial charge in [0.25, 0.3) is 0 Å². The molecule has 0 bridgehead atoms. The number of benzene rings is 5. The van der Waals surface area contributed by atoms with Crippen LogP contribution in [0.4, 0.5) is 28.4 Å². The van der Waals surface area contributed by atoms with Crippen LogP contribution in [0, 0.1) is 23.7 Å². The first-order chi connectivity index (χ1) is 29.5. The number of hydrogen-bond acceptors (Lipinski definition) is 10. The molecule has 0 radical (unpaired) electrons. The number of imide groups is 2. The molecule has 13 heteroatoms. The largest absolute Gasteiger partial charge is 0.508 e. The smallest absolute Gasteiger partial charge is 0.246 e. The number of methoxy groups -OCH3 is 2. The molecule has 0 unspecified atom stereocenters. The quantitative estimate of drug-likeness (QED) is 0.0882. The van der Waals surface area contributed by atoms with Crippen LogP contribution in [0.2, 0.25) is 5.02 Å². The minimum atomic E-state index is -1.57. The average Bonchev–Trinajstić information content (AvgIpc) is 3.66. The Morgan fingerprint density at radius 3 is 1.97 bits per heavy atom. The maximum Gasteiger partial charge on any atom is 0.246 e. The molecule has 5 aromatic carbocycles. The Kier molecular flexibility index (Phi) is 9.98. The number of amides is 4. The zero-order chi connectivity index (χ0) is 42.7. The fourth-order valence-electron chi connectivity index (χ4n) is 10.1. The molecule has 1 N–H and O–H groups in total. The summed E-state index contributed by atoms with van der Waals surface area (Å²) in [5, 5.41) is 19.9. The van der Waals surface area contributed by atoms with Gasteiger partial charge in [-0.05, 0) is 91.1 Å². The Hall–Kier alpha value is -6.79. The number of rotatable bonds is 9. The molecule has 6 atom stereocenters. The molecule has 0 spiro atoms. The van der Waals surface area contributed by atoms with Crippen LogP contribution in [0.3, 0.4) is 0 Å². The van der Waals surface area contributed by atoms with Crippen molar-refractivity contribution < 1.29 is 33.8 Å². The maximum atomic E-state index is 15.6. The molecule has 308 valence electrons. The normalized spacial score (nSPS) is 24.4. The van der Waals surface area contributed by atoms with E-state index in [1.54, 1.807) is 48.5 Å². The monoisotopic (exact) mass is 835 g/mol. The van der Waals surface area contributed by atoms with Gasteiger partial charge in [0.2, 0.25) is 23.6 Å². The van der Waals surface area contributed by atoms with Gasteiger partial charge in [0.05, 0.1) is 60.1 Å². The van der Waals surface area contributed by atoms with Crippen molar-refractivity contribution in [2.75, 3.05) is 43.0 Å². The van der Waals surface area contributed by atoms with E-state index in [4.69, 9.17) is 21.1 Å². The number of carbonyl (C=O) groups excluding carboxylic acids is 4. The van der Waals surface area contributed by atoms with Gasteiger partial charge in [0.1, 0.15) is 17.2 Å². The number of fused-ring (bicyclic) bond motifs is 4. The van der Waals surface area contributed by atoms with Crippen LogP contribution in [0.15, 0.2) is 137 Å². The molecule has 9 rings (SSSR count). The number of aromatic hydroxyl groups is 1. The summed E-state index contributed by atoms with van der Waals surface area (Å²) in [6.07, 6.45) is 2.28. The molecule has 2 aliphatic carbocycles. The van der Waals surface area contributed by atoms with Crippen LogP contribution in [-0.2, 0) is 24.6 Å². The highest BCUT2D eigenvalue weighted by Crippen LogP contribution is 2.66. The van der Waals surface area contributed by atoms with E-state index in [0.29, 0.717) is 38.9 Å². The number of ether oxygens (including phenoxy) is 2. The number of halogens is 1. The SMILES string of the molecule is COc1cc(O)cc(OC)c1[C@H]1C2=CC[C@@H]3C(=O)N(c4ccc(N=Nc5ccc(N(C)C)cc5)cc4)C(=O)[C@@H]3[C@@H]2C[C@H]2C(=O)N(c3cccc(Cl)c3)C(=O)[C@@]12c1ccccc1. The van der Waals surface area contributed by atoms with E-state index < -0.39 is 46.8 Å². The first-order valence-corrected chi connectivity index (χ1v) is 20.4. The molecule has 1 saturated carbocycles. The molecule has 4 aliphatic rings. The van der Waals surface area contributed by atoms with Crippen LogP contribution in [0.25, 0.3) is 0 Å². The summed E-state index contributed by atoms with van der Waals surface area (Å²) in [6.45, 7) is 0. The van der Waals surface area contributed by atoms with Gasteiger partial charge in [-0.25, -0.2) is 4.90 Å². The maximum absolute atomic E-state index is 15.6. The van der Waals surface area contributed by atoms with Crippen molar-refractivity contribution in [2.24, 2.45) is 33.9 Å². The second-order valence-electron chi connectivity index (χ2n) is 16.0. The van der Waals surface area contributed by atoms with E-state index in [1.165, 1.54) is 36.2 Å². The fraction of sp³-hybridized carbons (Fsp3) is 0.250. The van der Waals surface area contributed by atoms with E-state index in [0.717, 1.165) is 11.3 Å². The third kappa shape index (κ3) is 6.27. The van der Waals surface area contributed by atoms with Crippen LogP contribution < -0.4 is 24.2 Å². The zero-order valence-corrected chi connectivity index (χ0v) is 34.6. The van der Waals surface area contributed by atoms with Gasteiger partial charge in [-0.3, -0.25) is 24.1 Å². The van der Waals surface area contributed by atoms with Crippen molar-refractivity contribution in [1.29, 1.82) is 0 Å². The second-order valence-corrected chi connectivity index (χ2v) is 16.4. The van der Waals surface area contributed by atoms with Gasteiger partial charge in [-0.2, -0.15) is 10.2 Å². The number of nitrogens with zero attached hydrogens (tertiary/aromatic N) is 5. The van der Waals surface area contributed by atoms with Crippen molar-refractivity contribution in [3.05, 3.63) is 143 Å². The first-order valence-electron chi connectivity index (χ1n) is 20.0. The lowest BCUT2D eigenvalue weighted by atomic mass is 9.49. The lowest BCUT2D eigenvalue weighted by Crippen LogP contribution is -2.53. The highest BCUT2D eigenvalue weighted by molar-refractivity contribution is 6.32. The molecule has 5 aromatic rings. The summed E-state index contributed by atoms with van der Waals surface area (Å²) >= 11 is 6.46. The van der Waals surface area contributed by atoms with Gasteiger partial charge >= 0.3 is 0 Å². The molecular formula is C48H42ClN5O7. The van der Waals surface area contributed by atoms with Crippen LogP contribution in [0.1, 0.15) is 29.9 Å². The van der Waals surface area contributed by atoms with Crippen molar-refractivity contribution >= 4 is 63.7 Å². The van der Waals surface area contributed by atoms with Gasteiger partial charge in [0, 0.05) is 48.4 Å². The topological polar surface area (TPSA) is 141 Å². The Morgan fingerprint density at radius 2 is 1.36 bits per heavy atom. The number of carbonyl (C=O) groups is 4. The summed E-state index contributed by atoms with van der Waals surface area (Å²) in [5.74, 6) is -5.45. The lowest BCUT2D eigenvalue weighted by molar-refractivity contribution is -0.127. The number of allylic oxidation sites excluding steroid dienone is 2. The summed E-state index contributed by atoms with van der Waals surface area (Å²) in [4.78, 5) is 64.5. The Morgan fingerprint density at radius 1 is 0.721 bits per heavy atom. The summed E-state index contributed by atoms with van der Waals surface area (Å²) < 4.78 is 11.9. The van der Waals surface area contributed by atoms with Crippen molar-refractivity contribution in [2.45, 2.75) is 24.2 Å². The Balaban J connectivity index is 1.15. The van der Waals surface area contributed by atoms with Crippen LogP contribution in [0.5, 0.6) is 17.2 Å². The van der Waals surface area contributed by atoms with Gasteiger partial charge in [-0.15, -0.1) is 0 Å². The van der Waals surface area contributed by atoms with Gasteiger partial charge < -0.3 is 19.5 Å². The molecule has 0 aromatic heterocycles. The molecule has 4 amide bonds. The standard InChI is InChI=1S/C48H42ClN5O7/c1-52(2)31-17-13-29(14-18-31)50-51-30-15-19-32(20-16-30)53-44(56)36-22-21-35-37(41(36)46(53)58)26-38-45(57)54(33-12-8-11-28(49)23-33)47(59)48(38,27-9-6-5-7-10-27)43(35)42-39(60-3)24-34(55)25-40(42)61-4/h5-21,23-25,36-38,41,43,55H,22,26H2,1-4H3/t36-,37+,38-,41-,43+,48+/m0/s1. The van der Waals surface area contributed by atoms with Crippen LogP contribution in [-0.4, -0.2) is 57.1 Å². The number of anilines is 3. The molecule has 12 nitrogen and oxygen atoms in total. The summed E-state index contributed by atoms with van der Waals surface area (Å²) in [6, 6.07) is 33.1. The van der Waals surface area contributed by atoms with Crippen molar-refractivity contribution in [1.82, 2.24) is 0 Å². The molecule has 2 aliphatic heterocycles. The van der Waals surface area contributed by atoms with E-state index in [9.17, 15) is 14.7 Å². The Bertz CT molecular complexity index is 2620. The van der Waals surface area contributed by atoms with Crippen molar-refractivity contribution in [3.63, 3.8) is 0 Å². The Labute approximate surface area is 357 Å². The number of azo groups is 1. The fourth-order valence-corrected chi connectivity index (χ4v) is 10.3. The molecule has 61 heavy (non-hydrogen) atoms. The van der Waals surface area contributed by atoms with Crippen LogP contribution >= 0.6 is 11.6 Å². The van der Waals surface area contributed by atoms with E-state index >= 15 is 9.59 Å². The molecule has 2 heterocycles. The van der Waals surface area contributed by atoms with E-state index in [1.807, 2.05) is 79.7 Å². The zero-order valence-electron chi connectivity index (χ0n) is 33.9. The average molecular weight is 836 g/mol. The highest BCUT2D eigenvalue weighted by Gasteiger charge is 2.71. The predicted molar refractivity (Wildman–Crippen MR) is 231 cm³/mol. The number of phenolic OH excluding ortho intramolecular Hbond substituents is 1. The molecule has 3 fully saturated rings. The highest BCUT2D eigenvalue weighted by atomic mass is 35.5. The van der Waals surface area contributed by atoms with Gasteiger partial charge in [0.15, 0.2) is 0 Å². The molecular weight excluding hydrogens is 794 g/mol. The summed E-state index contributed by atoms with van der Waals surface area (Å²) in [5.41, 5.74) is 3.13. The minimum absolute atomic E-state index is 0.102. The predicted octanol–water partition coefficient (Wildman–Crippen LogP) is 8.91. The first kappa shape index (κ1) is 39.7. The summed E-state index contributed by atoms with van der Waals surface area (Å²) in [7, 11) is 6.84. The number of phenols is 1. The molecule has 2 saturated heterocycles. The van der Waals surface area contributed by atoms with Crippen molar-refractivity contribution in [3.8, 4) is 17.2 Å². The van der Waals surface area contributed by atoms with E-state index in [2.05, 4.69) is 10.2 Å². The van der Waals surface area contributed by atoms with Gasteiger partial charge in [-0.1, -0.05) is 59.6 Å². The van der Waals surface area contributed by atoms with E-state index in [-0.39, 0.29) is 41.9 Å². The lowest BCUT2D eigenvalue weighted by Gasteiger charge is -2.51. The third-order valence-corrected chi connectivity index (χ3v) is 13.0. The second kappa shape index (κ2) is 15.3. The minimum Gasteiger partial charge on any atom is -0.508 e. The number of hydrogen-bond donors (Lipinski definition) is 1.